The van der Waals surface area contributed by atoms with Crippen LogP contribution in [-0.2, 0) is 6.54 Å². The van der Waals surface area contributed by atoms with Gasteiger partial charge in [0.1, 0.15) is 5.82 Å². The molecule has 0 aliphatic carbocycles. The summed E-state index contributed by atoms with van der Waals surface area (Å²) in [6.45, 7) is 4.97. The van der Waals surface area contributed by atoms with Crippen molar-refractivity contribution >= 4 is 11.6 Å². The summed E-state index contributed by atoms with van der Waals surface area (Å²) in [4.78, 5) is 12.0. The minimum atomic E-state index is -0.419. The van der Waals surface area contributed by atoms with Gasteiger partial charge < -0.3 is 10.6 Å². The molecular weight excluding hydrogens is 267 g/mol. The number of halogens is 1. The number of anilines is 1. The molecule has 0 radical (unpaired) electrons. The maximum Gasteiger partial charge on any atom is 0.255 e. The highest BCUT2D eigenvalue weighted by molar-refractivity contribution is 6.04. The fourth-order valence-electron chi connectivity index (χ4n) is 1.86. The number of nitrogens with one attached hydrogen (secondary N) is 2. The van der Waals surface area contributed by atoms with Crippen molar-refractivity contribution in [3.63, 3.8) is 0 Å². The van der Waals surface area contributed by atoms with E-state index >= 15 is 0 Å². The lowest BCUT2D eigenvalue weighted by molar-refractivity contribution is 0.102. The normalized spacial score (nSPS) is 10.7. The minimum Gasteiger partial charge on any atom is -0.322 e. The average molecular weight is 286 g/mol. The first-order valence-corrected chi connectivity index (χ1v) is 6.94. The van der Waals surface area contributed by atoms with Gasteiger partial charge in [-0.25, -0.2) is 4.39 Å². The Labute approximate surface area is 124 Å². The Bertz CT molecular complexity index is 608. The van der Waals surface area contributed by atoms with Crippen molar-refractivity contribution in [1.82, 2.24) is 5.32 Å². The second-order valence-electron chi connectivity index (χ2n) is 5.20. The van der Waals surface area contributed by atoms with Crippen molar-refractivity contribution in [2.24, 2.45) is 0 Å². The molecule has 2 rings (SSSR count). The van der Waals surface area contributed by atoms with Crippen LogP contribution in [0, 0.1) is 5.82 Å². The molecule has 0 spiro atoms. The molecule has 0 aliphatic heterocycles. The van der Waals surface area contributed by atoms with E-state index in [4.69, 9.17) is 0 Å². The molecule has 0 heterocycles. The van der Waals surface area contributed by atoms with Gasteiger partial charge in [0.15, 0.2) is 0 Å². The number of hydrogen-bond acceptors (Lipinski definition) is 2. The summed E-state index contributed by atoms with van der Waals surface area (Å²) in [5, 5.41) is 6.08. The first kappa shape index (κ1) is 15.2. The average Bonchev–Trinajstić information content (AvgIpc) is 2.46. The highest BCUT2D eigenvalue weighted by atomic mass is 19.1. The van der Waals surface area contributed by atoms with Gasteiger partial charge in [0, 0.05) is 23.8 Å². The highest BCUT2D eigenvalue weighted by Gasteiger charge is 2.06. The first-order chi connectivity index (χ1) is 10.0. The SMILES string of the molecule is CC(C)NCc1ccc(NC(=O)c2cccc(F)c2)cc1. The smallest absolute Gasteiger partial charge is 0.255 e. The fourth-order valence-corrected chi connectivity index (χ4v) is 1.86. The summed E-state index contributed by atoms with van der Waals surface area (Å²) in [7, 11) is 0. The Morgan fingerprint density at radius 2 is 1.86 bits per heavy atom. The fraction of sp³-hybridized carbons (Fsp3) is 0.235. The standard InChI is InChI=1S/C17H19FN2O/c1-12(2)19-11-13-6-8-16(9-7-13)20-17(21)14-4-3-5-15(18)10-14/h3-10,12,19H,11H2,1-2H3,(H,20,21). The molecule has 2 N–H and O–H groups in total. The molecule has 0 fully saturated rings. The molecule has 110 valence electrons. The largest absolute Gasteiger partial charge is 0.322 e. The van der Waals surface area contributed by atoms with E-state index in [2.05, 4.69) is 24.5 Å². The number of amides is 1. The summed E-state index contributed by atoms with van der Waals surface area (Å²) >= 11 is 0. The van der Waals surface area contributed by atoms with Gasteiger partial charge in [-0.1, -0.05) is 32.0 Å². The third kappa shape index (κ3) is 4.68. The molecule has 4 heteroatoms. The third-order valence-electron chi connectivity index (χ3n) is 3.01. The van der Waals surface area contributed by atoms with Crippen molar-refractivity contribution in [3.05, 3.63) is 65.5 Å². The second kappa shape index (κ2) is 6.99. The van der Waals surface area contributed by atoms with Gasteiger partial charge in [-0.05, 0) is 35.9 Å². The molecular formula is C17H19FN2O. The van der Waals surface area contributed by atoms with Crippen LogP contribution in [-0.4, -0.2) is 11.9 Å². The number of hydrogen-bond donors (Lipinski definition) is 2. The zero-order chi connectivity index (χ0) is 15.2. The Balaban J connectivity index is 1.98. The van der Waals surface area contributed by atoms with Crippen LogP contribution in [0.3, 0.4) is 0 Å². The lowest BCUT2D eigenvalue weighted by Gasteiger charge is -2.09. The molecule has 0 atom stereocenters. The molecule has 3 nitrogen and oxygen atoms in total. The summed E-state index contributed by atoms with van der Waals surface area (Å²) in [6, 6.07) is 13.7. The maximum absolute atomic E-state index is 13.1. The number of benzene rings is 2. The van der Waals surface area contributed by atoms with Crippen LogP contribution in [0.1, 0.15) is 29.8 Å². The van der Waals surface area contributed by atoms with Gasteiger partial charge in [0.25, 0.3) is 5.91 Å². The van der Waals surface area contributed by atoms with Crippen molar-refractivity contribution < 1.29 is 9.18 Å². The molecule has 0 aromatic heterocycles. The van der Waals surface area contributed by atoms with Crippen LogP contribution >= 0.6 is 0 Å². The summed E-state index contributed by atoms with van der Waals surface area (Å²) in [5.74, 6) is -0.736. The van der Waals surface area contributed by atoms with Crippen LogP contribution in [0.2, 0.25) is 0 Å². The van der Waals surface area contributed by atoms with Crippen LogP contribution < -0.4 is 10.6 Å². The highest BCUT2D eigenvalue weighted by Crippen LogP contribution is 2.12. The van der Waals surface area contributed by atoms with Crippen LogP contribution in [0.25, 0.3) is 0 Å². The van der Waals surface area contributed by atoms with Crippen LogP contribution in [0.15, 0.2) is 48.5 Å². The molecule has 0 bridgehead atoms. The van der Waals surface area contributed by atoms with E-state index in [1.165, 1.54) is 18.2 Å². The van der Waals surface area contributed by atoms with E-state index in [1.807, 2.05) is 24.3 Å². The van der Waals surface area contributed by atoms with Crippen molar-refractivity contribution in [2.45, 2.75) is 26.4 Å². The molecule has 0 unspecified atom stereocenters. The van der Waals surface area contributed by atoms with E-state index in [9.17, 15) is 9.18 Å². The van der Waals surface area contributed by atoms with E-state index in [-0.39, 0.29) is 5.91 Å². The predicted octanol–water partition coefficient (Wildman–Crippen LogP) is 3.58. The summed E-state index contributed by atoms with van der Waals surface area (Å²) in [5.41, 5.74) is 2.14. The predicted molar refractivity (Wildman–Crippen MR) is 82.8 cm³/mol. The Kier molecular flexibility index (Phi) is 5.06. The quantitative estimate of drug-likeness (QED) is 0.882. The lowest BCUT2D eigenvalue weighted by Crippen LogP contribution is -2.21. The first-order valence-electron chi connectivity index (χ1n) is 6.94. The molecule has 0 saturated carbocycles. The zero-order valence-electron chi connectivity index (χ0n) is 12.2. The topological polar surface area (TPSA) is 41.1 Å². The molecule has 21 heavy (non-hydrogen) atoms. The molecule has 0 aliphatic rings. The third-order valence-corrected chi connectivity index (χ3v) is 3.01. The zero-order valence-corrected chi connectivity index (χ0v) is 12.2. The summed E-state index contributed by atoms with van der Waals surface area (Å²) < 4.78 is 13.1. The Morgan fingerprint density at radius 3 is 2.48 bits per heavy atom. The van der Waals surface area contributed by atoms with Crippen molar-refractivity contribution in [2.75, 3.05) is 5.32 Å². The monoisotopic (exact) mass is 286 g/mol. The van der Waals surface area contributed by atoms with Gasteiger partial charge >= 0.3 is 0 Å². The molecule has 1 amide bonds. The molecule has 2 aromatic carbocycles. The number of rotatable bonds is 5. The van der Waals surface area contributed by atoms with Gasteiger partial charge in [0.05, 0.1) is 0 Å². The summed E-state index contributed by atoms with van der Waals surface area (Å²) in [6.07, 6.45) is 0. The number of carbonyl (C=O) groups excluding carboxylic acids is 1. The Morgan fingerprint density at radius 1 is 1.14 bits per heavy atom. The minimum absolute atomic E-state index is 0.306. The second-order valence-corrected chi connectivity index (χ2v) is 5.20. The van der Waals surface area contributed by atoms with Gasteiger partial charge in [-0.3, -0.25) is 4.79 Å². The molecule has 0 saturated heterocycles. The van der Waals surface area contributed by atoms with Crippen LogP contribution in [0.4, 0.5) is 10.1 Å². The maximum atomic E-state index is 13.1. The molecule has 2 aromatic rings. The van der Waals surface area contributed by atoms with Gasteiger partial charge in [0.2, 0.25) is 0 Å². The van der Waals surface area contributed by atoms with Crippen molar-refractivity contribution in [3.8, 4) is 0 Å². The van der Waals surface area contributed by atoms with E-state index in [1.54, 1.807) is 6.07 Å². The van der Waals surface area contributed by atoms with Gasteiger partial charge in [-0.15, -0.1) is 0 Å². The van der Waals surface area contributed by atoms with Gasteiger partial charge in [-0.2, -0.15) is 0 Å². The van der Waals surface area contributed by atoms with E-state index in [0.717, 1.165) is 12.1 Å². The lowest BCUT2D eigenvalue weighted by atomic mass is 10.1. The van der Waals surface area contributed by atoms with Crippen molar-refractivity contribution in [1.29, 1.82) is 0 Å². The van der Waals surface area contributed by atoms with E-state index < -0.39 is 5.82 Å². The van der Waals surface area contributed by atoms with E-state index in [0.29, 0.717) is 17.3 Å². The van der Waals surface area contributed by atoms with Crippen LogP contribution in [0.5, 0.6) is 0 Å². The number of carbonyl (C=O) groups is 1. The Hall–Kier alpha value is -2.20.